The lowest BCUT2D eigenvalue weighted by Crippen LogP contribution is -2.11. The summed E-state index contributed by atoms with van der Waals surface area (Å²) < 4.78 is 22.9. The summed E-state index contributed by atoms with van der Waals surface area (Å²) in [6.45, 7) is 0. The molecule has 0 spiro atoms. The van der Waals surface area contributed by atoms with Gasteiger partial charge in [-0.05, 0) is 40.2 Å². The molecule has 15 heavy (non-hydrogen) atoms. The highest BCUT2D eigenvalue weighted by atomic mass is 79.9. The fourth-order valence-electron chi connectivity index (χ4n) is 1.27. The molecule has 0 saturated carbocycles. The van der Waals surface area contributed by atoms with Crippen molar-refractivity contribution in [3.05, 3.63) is 20.8 Å². The third-order valence-electron chi connectivity index (χ3n) is 2.01. The molecule has 0 fully saturated rings. The van der Waals surface area contributed by atoms with Crippen LogP contribution in [0, 0.1) is 0 Å². The zero-order valence-corrected chi connectivity index (χ0v) is 11.7. The summed E-state index contributed by atoms with van der Waals surface area (Å²) in [5.74, 6) is 0.212. The molecule has 0 saturated heterocycles. The van der Waals surface area contributed by atoms with Crippen molar-refractivity contribution in [2.75, 3.05) is 12.0 Å². The molecule has 3 nitrogen and oxygen atoms in total. The summed E-state index contributed by atoms with van der Waals surface area (Å²) in [7, 11) is -2.86. The molecule has 6 heteroatoms. The molecule has 1 aromatic rings. The number of thiophene rings is 1. The molecule has 1 rings (SSSR count). The van der Waals surface area contributed by atoms with E-state index in [1.807, 2.05) is 11.4 Å². The van der Waals surface area contributed by atoms with Crippen LogP contribution in [0.15, 0.2) is 15.9 Å². The van der Waals surface area contributed by atoms with Crippen molar-refractivity contribution in [1.29, 1.82) is 0 Å². The minimum absolute atomic E-state index is 0.0684. The minimum Gasteiger partial charge on any atom is -0.323 e. The Morgan fingerprint density at radius 2 is 2.27 bits per heavy atom. The van der Waals surface area contributed by atoms with Crippen LogP contribution in [0.1, 0.15) is 23.8 Å². The van der Waals surface area contributed by atoms with Crippen LogP contribution in [0.5, 0.6) is 0 Å². The van der Waals surface area contributed by atoms with Crippen molar-refractivity contribution in [2.45, 2.75) is 18.9 Å². The van der Waals surface area contributed by atoms with Gasteiger partial charge in [-0.3, -0.25) is 0 Å². The Kier molecular flexibility index (Phi) is 4.76. The van der Waals surface area contributed by atoms with Crippen molar-refractivity contribution >= 4 is 37.1 Å². The van der Waals surface area contributed by atoms with Gasteiger partial charge in [0.15, 0.2) is 0 Å². The van der Waals surface area contributed by atoms with Gasteiger partial charge in [-0.25, -0.2) is 8.42 Å². The van der Waals surface area contributed by atoms with Crippen LogP contribution >= 0.6 is 27.3 Å². The van der Waals surface area contributed by atoms with Gasteiger partial charge in [0.05, 0.1) is 0 Å². The summed E-state index contributed by atoms with van der Waals surface area (Å²) in [6, 6.07) is 1.89. The molecule has 86 valence electrons. The molecular weight excluding hydrogens is 298 g/mol. The third-order valence-corrected chi connectivity index (χ3v) is 5.04. The second-order valence-electron chi connectivity index (χ2n) is 3.51. The van der Waals surface area contributed by atoms with Crippen LogP contribution in [0.2, 0.25) is 0 Å². The van der Waals surface area contributed by atoms with E-state index < -0.39 is 9.84 Å². The summed E-state index contributed by atoms with van der Waals surface area (Å²) in [5.41, 5.74) is 5.96. The van der Waals surface area contributed by atoms with E-state index >= 15 is 0 Å². The van der Waals surface area contributed by atoms with Crippen molar-refractivity contribution in [3.63, 3.8) is 0 Å². The van der Waals surface area contributed by atoms with Gasteiger partial charge >= 0.3 is 0 Å². The first kappa shape index (κ1) is 13.2. The van der Waals surface area contributed by atoms with Gasteiger partial charge in [-0.2, -0.15) is 0 Å². The quantitative estimate of drug-likeness (QED) is 0.908. The zero-order valence-electron chi connectivity index (χ0n) is 8.44. The van der Waals surface area contributed by atoms with Crippen molar-refractivity contribution in [2.24, 2.45) is 5.73 Å². The van der Waals surface area contributed by atoms with Crippen LogP contribution in [0.25, 0.3) is 0 Å². The van der Waals surface area contributed by atoms with E-state index in [2.05, 4.69) is 15.9 Å². The maximum absolute atomic E-state index is 10.9. The molecule has 0 aliphatic carbocycles. The van der Waals surface area contributed by atoms with E-state index in [0.717, 1.165) is 9.35 Å². The average Bonchev–Trinajstić information content (AvgIpc) is 2.48. The zero-order chi connectivity index (χ0) is 11.5. The lowest BCUT2D eigenvalue weighted by molar-refractivity contribution is 0.589. The van der Waals surface area contributed by atoms with Crippen LogP contribution in [-0.2, 0) is 9.84 Å². The second kappa shape index (κ2) is 5.43. The maximum Gasteiger partial charge on any atom is 0.147 e. The molecule has 1 aromatic heterocycles. The standard InChI is InChI=1S/C9H14BrNO2S2/c1-15(12,13)6-2-3-8(11)9-7(10)4-5-14-9/h4-5,8H,2-3,6,11H2,1H3. The van der Waals surface area contributed by atoms with Crippen molar-refractivity contribution < 1.29 is 8.42 Å². The van der Waals surface area contributed by atoms with E-state index in [4.69, 9.17) is 5.73 Å². The summed E-state index contributed by atoms with van der Waals surface area (Å²) in [6.07, 6.45) is 2.57. The van der Waals surface area contributed by atoms with Crippen LogP contribution in [0.3, 0.4) is 0 Å². The van der Waals surface area contributed by atoms with E-state index in [0.29, 0.717) is 12.8 Å². The first-order valence-electron chi connectivity index (χ1n) is 4.56. The highest BCUT2D eigenvalue weighted by Gasteiger charge is 2.12. The fraction of sp³-hybridized carbons (Fsp3) is 0.556. The average molecular weight is 312 g/mol. The van der Waals surface area contributed by atoms with Crippen molar-refractivity contribution in [1.82, 2.24) is 0 Å². The van der Waals surface area contributed by atoms with E-state index in [-0.39, 0.29) is 11.8 Å². The smallest absolute Gasteiger partial charge is 0.147 e. The Morgan fingerprint density at radius 1 is 1.60 bits per heavy atom. The van der Waals surface area contributed by atoms with E-state index in [1.54, 1.807) is 11.3 Å². The number of halogens is 1. The first-order chi connectivity index (χ1) is 6.90. The lowest BCUT2D eigenvalue weighted by atomic mass is 10.1. The summed E-state index contributed by atoms with van der Waals surface area (Å²) >= 11 is 5.00. The maximum atomic E-state index is 10.9. The second-order valence-corrected chi connectivity index (χ2v) is 7.57. The molecule has 1 heterocycles. The highest BCUT2D eigenvalue weighted by molar-refractivity contribution is 9.10. The number of hydrogen-bond donors (Lipinski definition) is 1. The SMILES string of the molecule is CS(=O)(=O)CCCC(N)c1sccc1Br. The molecule has 0 aliphatic rings. The molecule has 2 N–H and O–H groups in total. The normalized spacial score (nSPS) is 14.1. The largest absolute Gasteiger partial charge is 0.323 e. The van der Waals surface area contributed by atoms with Crippen molar-refractivity contribution in [3.8, 4) is 0 Å². The van der Waals surface area contributed by atoms with Gasteiger partial charge < -0.3 is 5.73 Å². The van der Waals surface area contributed by atoms with Gasteiger partial charge in [0.2, 0.25) is 0 Å². The lowest BCUT2D eigenvalue weighted by Gasteiger charge is -2.09. The molecule has 1 atom stereocenters. The molecule has 0 aliphatic heterocycles. The van der Waals surface area contributed by atoms with Gasteiger partial charge in [0.1, 0.15) is 9.84 Å². The Bertz CT molecular complexity index is 414. The Labute approximate surface area is 103 Å². The monoisotopic (exact) mass is 311 g/mol. The minimum atomic E-state index is -2.86. The van der Waals surface area contributed by atoms with Crippen LogP contribution in [0.4, 0.5) is 0 Å². The number of hydrogen-bond acceptors (Lipinski definition) is 4. The molecule has 1 unspecified atom stereocenters. The van der Waals surface area contributed by atoms with Gasteiger partial charge in [0.25, 0.3) is 0 Å². The van der Waals surface area contributed by atoms with Gasteiger partial charge in [-0.1, -0.05) is 0 Å². The molecular formula is C9H14BrNO2S2. The van der Waals surface area contributed by atoms with E-state index in [9.17, 15) is 8.42 Å². The van der Waals surface area contributed by atoms with Gasteiger partial charge in [0, 0.05) is 27.4 Å². The summed E-state index contributed by atoms with van der Waals surface area (Å²) in [5, 5.41) is 1.97. The Balaban J connectivity index is 2.44. The topological polar surface area (TPSA) is 60.2 Å². The molecule has 0 radical (unpaired) electrons. The Hall–Kier alpha value is 0.0900. The van der Waals surface area contributed by atoms with Gasteiger partial charge in [-0.15, -0.1) is 11.3 Å². The first-order valence-corrected chi connectivity index (χ1v) is 8.29. The molecule has 0 amide bonds. The molecule has 0 bridgehead atoms. The third kappa shape index (κ3) is 4.63. The number of rotatable bonds is 5. The predicted octanol–water partition coefficient (Wildman–Crippen LogP) is 2.34. The Morgan fingerprint density at radius 3 is 2.73 bits per heavy atom. The highest BCUT2D eigenvalue weighted by Crippen LogP contribution is 2.29. The van der Waals surface area contributed by atoms with Crippen LogP contribution in [-0.4, -0.2) is 20.4 Å². The fourth-order valence-corrected chi connectivity index (χ4v) is 3.66. The number of sulfone groups is 1. The molecule has 0 aromatic carbocycles. The number of nitrogens with two attached hydrogens (primary N) is 1. The van der Waals surface area contributed by atoms with E-state index in [1.165, 1.54) is 6.26 Å². The predicted molar refractivity (Wildman–Crippen MR) is 67.9 cm³/mol. The van der Waals surface area contributed by atoms with Crippen LogP contribution < -0.4 is 5.73 Å². The summed E-state index contributed by atoms with van der Waals surface area (Å²) in [4.78, 5) is 1.09.